The smallest absolute Gasteiger partial charge is 0.326 e. The summed E-state index contributed by atoms with van der Waals surface area (Å²) in [7, 11) is 0. The van der Waals surface area contributed by atoms with Crippen LogP contribution in [-0.4, -0.2) is 23.0 Å². The van der Waals surface area contributed by atoms with Gasteiger partial charge in [0, 0.05) is 6.42 Å². The fraction of sp³-hybridized carbons (Fsp3) is 0.333. The van der Waals surface area contributed by atoms with E-state index in [0.29, 0.717) is 5.56 Å². The summed E-state index contributed by atoms with van der Waals surface area (Å²) in [6, 6.07) is 12.4. The van der Waals surface area contributed by atoms with Gasteiger partial charge in [0.05, 0.1) is 6.42 Å². The number of carbonyl (C=O) groups is 2. The van der Waals surface area contributed by atoms with E-state index in [2.05, 4.69) is 26.1 Å². The Morgan fingerprint density at radius 1 is 1.08 bits per heavy atom. The molecule has 1 atom stereocenters. The summed E-state index contributed by atoms with van der Waals surface area (Å²) < 4.78 is 13.2. The van der Waals surface area contributed by atoms with Crippen LogP contribution in [0, 0.1) is 5.82 Å². The third kappa shape index (κ3) is 5.69. The van der Waals surface area contributed by atoms with Crippen LogP contribution in [-0.2, 0) is 27.8 Å². The topological polar surface area (TPSA) is 66.4 Å². The maximum atomic E-state index is 13.2. The first-order valence-electron chi connectivity index (χ1n) is 8.51. The lowest BCUT2D eigenvalue weighted by Gasteiger charge is -2.20. The minimum Gasteiger partial charge on any atom is -0.480 e. The first-order valence-corrected chi connectivity index (χ1v) is 8.51. The summed E-state index contributed by atoms with van der Waals surface area (Å²) in [5.74, 6) is -1.98. The van der Waals surface area contributed by atoms with E-state index in [4.69, 9.17) is 0 Å². The summed E-state index contributed by atoms with van der Waals surface area (Å²) in [6.45, 7) is 6.32. The van der Waals surface area contributed by atoms with Crippen LogP contribution in [0.4, 0.5) is 4.39 Å². The monoisotopic (exact) mass is 357 g/mol. The Balaban J connectivity index is 2.02. The largest absolute Gasteiger partial charge is 0.480 e. The van der Waals surface area contributed by atoms with E-state index in [0.717, 1.165) is 11.1 Å². The van der Waals surface area contributed by atoms with E-state index in [9.17, 15) is 19.1 Å². The molecule has 0 aliphatic rings. The second kappa shape index (κ2) is 8.13. The van der Waals surface area contributed by atoms with Crippen LogP contribution in [0.1, 0.15) is 37.5 Å². The molecule has 0 unspecified atom stereocenters. The summed E-state index contributed by atoms with van der Waals surface area (Å²) in [4.78, 5) is 23.6. The van der Waals surface area contributed by atoms with E-state index in [1.54, 1.807) is 6.07 Å². The molecular formula is C21H24FNO3. The van der Waals surface area contributed by atoms with Gasteiger partial charge in [0.15, 0.2) is 0 Å². The van der Waals surface area contributed by atoms with E-state index in [-0.39, 0.29) is 18.3 Å². The highest BCUT2D eigenvalue weighted by Gasteiger charge is 2.21. The van der Waals surface area contributed by atoms with Gasteiger partial charge in [-0.05, 0) is 34.2 Å². The Hall–Kier alpha value is -2.69. The first-order chi connectivity index (χ1) is 12.1. The number of amides is 1. The summed E-state index contributed by atoms with van der Waals surface area (Å²) in [6.07, 6.45) is 0.124. The molecule has 0 aliphatic carbocycles. The van der Waals surface area contributed by atoms with Gasteiger partial charge in [-0.2, -0.15) is 0 Å². The van der Waals surface area contributed by atoms with Gasteiger partial charge in [0.25, 0.3) is 0 Å². The third-order valence-electron chi connectivity index (χ3n) is 4.15. The summed E-state index contributed by atoms with van der Waals surface area (Å²) >= 11 is 0. The minimum atomic E-state index is -1.10. The lowest BCUT2D eigenvalue weighted by Crippen LogP contribution is -2.43. The molecule has 0 spiro atoms. The highest BCUT2D eigenvalue weighted by Crippen LogP contribution is 2.22. The standard InChI is InChI=1S/C21H24FNO3/c1-21(2,3)16-9-7-14(8-10-16)12-18(20(25)26)23-19(24)13-15-5-4-6-17(22)11-15/h4-11,18H,12-13H2,1-3H3,(H,23,24)(H,25,26)/t18-/m0/s1. The molecule has 5 heteroatoms. The molecule has 0 heterocycles. The van der Waals surface area contributed by atoms with Crippen LogP contribution >= 0.6 is 0 Å². The van der Waals surface area contributed by atoms with Gasteiger partial charge in [-0.3, -0.25) is 4.79 Å². The van der Waals surface area contributed by atoms with Crippen molar-refractivity contribution >= 4 is 11.9 Å². The number of benzene rings is 2. The normalized spacial score (nSPS) is 12.5. The van der Waals surface area contributed by atoms with Gasteiger partial charge in [-0.15, -0.1) is 0 Å². The van der Waals surface area contributed by atoms with Crippen molar-refractivity contribution in [2.24, 2.45) is 0 Å². The number of nitrogens with one attached hydrogen (secondary N) is 1. The number of carboxylic acids is 1. The fourth-order valence-electron chi connectivity index (χ4n) is 2.65. The molecule has 2 aromatic rings. The van der Waals surface area contributed by atoms with Crippen molar-refractivity contribution in [1.82, 2.24) is 5.32 Å². The highest BCUT2D eigenvalue weighted by molar-refractivity contribution is 5.85. The quantitative estimate of drug-likeness (QED) is 0.832. The number of rotatable bonds is 6. The lowest BCUT2D eigenvalue weighted by atomic mass is 9.86. The average Bonchev–Trinajstić information content (AvgIpc) is 2.53. The maximum absolute atomic E-state index is 13.2. The van der Waals surface area contributed by atoms with E-state index < -0.39 is 23.7 Å². The molecule has 0 saturated heterocycles. The van der Waals surface area contributed by atoms with E-state index in [1.807, 2.05) is 24.3 Å². The van der Waals surface area contributed by atoms with Crippen molar-refractivity contribution < 1.29 is 19.1 Å². The van der Waals surface area contributed by atoms with Gasteiger partial charge in [0.2, 0.25) is 5.91 Å². The van der Waals surface area contributed by atoms with Crippen LogP contribution in [0.15, 0.2) is 48.5 Å². The Kier molecular flexibility index (Phi) is 6.14. The van der Waals surface area contributed by atoms with E-state index >= 15 is 0 Å². The Morgan fingerprint density at radius 2 is 1.73 bits per heavy atom. The zero-order valence-electron chi connectivity index (χ0n) is 15.3. The zero-order valence-corrected chi connectivity index (χ0v) is 15.3. The molecule has 4 nitrogen and oxygen atoms in total. The van der Waals surface area contributed by atoms with Crippen molar-refractivity contribution in [3.63, 3.8) is 0 Å². The van der Waals surface area contributed by atoms with Gasteiger partial charge in [-0.25, -0.2) is 9.18 Å². The fourth-order valence-corrected chi connectivity index (χ4v) is 2.65. The van der Waals surface area contributed by atoms with Crippen LogP contribution in [0.3, 0.4) is 0 Å². The van der Waals surface area contributed by atoms with Crippen LogP contribution in [0.2, 0.25) is 0 Å². The molecule has 0 aromatic heterocycles. The molecular weight excluding hydrogens is 333 g/mol. The van der Waals surface area contributed by atoms with Gasteiger partial charge < -0.3 is 10.4 Å². The van der Waals surface area contributed by atoms with Crippen LogP contribution in [0.25, 0.3) is 0 Å². The molecule has 2 aromatic carbocycles. The average molecular weight is 357 g/mol. The number of carbonyl (C=O) groups excluding carboxylic acids is 1. The number of aliphatic carboxylic acids is 1. The summed E-state index contributed by atoms with van der Waals surface area (Å²) in [5.41, 5.74) is 2.50. The predicted octanol–water partition coefficient (Wildman–Crippen LogP) is 3.48. The van der Waals surface area contributed by atoms with Crippen molar-refractivity contribution in [2.45, 2.75) is 45.1 Å². The molecule has 1 amide bonds. The van der Waals surface area contributed by atoms with Gasteiger partial charge in [-0.1, -0.05) is 57.2 Å². The molecule has 138 valence electrons. The second-order valence-electron chi connectivity index (χ2n) is 7.42. The minimum absolute atomic E-state index is 0.0178. The zero-order chi connectivity index (χ0) is 19.3. The molecule has 0 aliphatic heterocycles. The molecule has 0 radical (unpaired) electrons. The number of hydrogen-bond acceptors (Lipinski definition) is 2. The van der Waals surface area contributed by atoms with Crippen LogP contribution < -0.4 is 5.32 Å². The molecule has 2 N–H and O–H groups in total. The predicted molar refractivity (Wildman–Crippen MR) is 98.5 cm³/mol. The van der Waals surface area contributed by atoms with Crippen LogP contribution in [0.5, 0.6) is 0 Å². The number of carboxylic acid groups (broad SMARTS) is 1. The number of halogens is 1. The van der Waals surface area contributed by atoms with Gasteiger partial charge in [0.1, 0.15) is 11.9 Å². The Bertz CT molecular complexity index is 779. The van der Waals surface area contributed by atoms with Crippen molar-refractivity contribution in [1.29, 1.82) is 0 Å². The number of hydrogen-bond donors (Lipinski definition) is 2. The lowest BCUT2D eigenvalue weighted by molar-refractivity contribution is -0.141. The highest BCUT2D eigenvalue weighted by atomic mass is 19.1. The SMILES string of the molecule is CC(C)(C)c1ccc(C[C@H](NC(=O)Cc2cccc(F)c2)C(=O)O)cc1. The second-order valence-corrected chi connectivity index (χ2v) is 7.42. The Morgan fingerprint density at radius 3 is 2.27 bits per heavy atom. The first kappa shape index (κ1) is 19.6. The van der Waals surface area contributed by atoms with E-state index in [1.165, 1.54) is 18.2 Å². The molecule has 0 saturated carbocycles. The van der Waals surface area contributed by atoms with Crippen molar-refractivity contribution in [3.8, 4) is 0 Å². The molecule has 26 heavy (non-hydrogen) atoms. The molecule has 0 bridgehead atoms. The molecule has 0 fully saturated rings. The third-order valence-corrected chi connectivity index (χ3v) is 4.15. The van der Waals surface area contributed by atoms with Gasteiger partial charge >= 0.3 is 5.97 Å². The van der Waals surface area contributed by atoms with Crippen molar-refractivity contribution in [2.75, 3.05) is 0 Å². The molecule has 2 rings (SSSR count). The summed E-state index contributed by atoms with van der Waals surface area (Å²) in [5, 5.41) is 11.9. The van der Waals surface area contributed by atoms with Crippen molar-refractivity contribution in [3.05, 3.63) is 71.0 Å². The maximum Gasteiger partial charge on any atom is 0.326 e. The Labute approximate surface area is 153 Å².